The molecule has 0 N–H and O–H groups in total. The van der Waals surface area contributed by atoms with E-state index >= 15 is 0 Å². The fraction of sp³-hybridized carbons (Fsp3) is 0.118. The fourth-order valence-electron chi connectivity index (χ4n) is 2.40. The van der Waals surface area contributed by atoms with Crippen molar-refractivity contribution in [3.05, 3.63) is 52.3 Å². The van der Waals surface area contributed by atoms with Gasteiger partial charge in [0.1, 0.15) is 4.34 Å². The number of thiophene rings is 1. The maximum Gasteiger partial charge on any atom is 0.203 e. The first kappa shape index (κ1) is 17.5. The molecule has 0 unspecified atom stereocenters. The Morgan fingerprint density at radius 3 is 2.54 bits per heavy atom. The number of thiazole rings is 1. The summed E-state index contributed by atoms with van der Waals surface area (Å²) >= 11 is 10.6. The quantitative estimate of drug-likeness (QED) is 0.438. The molecule has 3 aromatic heterocycles. The Hall–Kier alpha value is -1.87. The van der Waals surface area contributed by atoms with Crippen molar-refractivity contribution in [1.29, 1.82) is 0 Å². The lowest BCUT2D eigenvalue weighted by molar-refractivity contribution is 0.885. The van der Waals surface area contributed by atoms with Crippen LogP contribution in [0.4, 0.5) is 5.69 Å². The summed E-state index contributed by atoms with van der Waals surface area (Å²) in [7, 11) is 4.05. The van der Waals surface area contributed by atoms with Crippen LogP contribution in [0, 0.1) is 0 Å². The molecule has 0 aliphatic heterocycles. The first-order chi connectivity index (χ1) is 12.6. The molecular formula is C17H14ClN5S3. The Kier molecular flexibility index (Phi) is 4.99. The first-order valence-corrected chi connectivity index (χ1v) is 10.6. The van der Waals surface area contributed by atoms with Gasteiger partial charge in [0, 0.05) is 25.5 Å². The van der Waals surface area contributed by atoms with E-state index in [0.29, 0.717) is 4.34 Å². The highest BCUT2D eigenvalue weighted by Gasteiger charge is 2.18. The largest absolute Gasteiger partial charge is 0.378 e. The van der Waals surface area contributed by atoms with E-state index in [1.165, 1.54) is 23.1 Å². The summed E-state index contributed by atoms with van der Waals surface area (Å²) in [6.45, 7) is 0. The molecule has 5 nitrogen and oxygen atoms in total. The van der Waals surface area contributed by atoms with Crippen molar-refractivity contribution in [2.45, 2.75) is 9.50 Å². The molecule has 132 valence electrons. The van der Waals surface area contributed by atoms with Crippen LogP contribution in [0.15, 0.2) is 57.5 Å². The minimum atomic E-state index is 0.660. The van der Waals surface area contributed by atoms with Gasteiger partial charge >= 0.3 is 0 Å². The van der Waals surface area contributed by atoms with Gasteiger partial charge in [0.25, 0.3) is 0 Å². The zero-order valence-corrected chi connectivity index (χ0v) is 17.2. The van der Waals surface area contributed by atoms with Crippen LogP contribution in [0.2, 0.25) is 4.34 Å². The topological polar surface area (TPSA) is 46.8 Å². The van der Waals surface area contributed by atoms with Crippen molar-refractivity contribution in [2.75, 3.05) is 19.0 Å². The second-order valence-electron chi connectivity index (χ2n) is 5.56. The van der Waals surface area contributed by atoms with Crippen LogP contribution in [-0.2, 0) is 0 Å². The normalized spacial score (nSPS) is 11.0. The van der Waals surface area contributed by atoms with Crippen LogP contribution in [0.3, 0.4) is 0 Å². The lowest BCUT2D eigenvalue weighted by Gasteiger charge is -2.14. The number of hydrogen-bond acceptors (Lipinski definition) is 7. The van der Waals surface area contributed by atoms with Gasteiger partial charge in [-0.2, -0.15) is 0 Å². The molecule has 0 amide bonds. The van der Waals surface area contributed by atoms with E-state index in [1.54, 1.807) is 17.5 Å². The Morgan fingerprint density at radius 2 is 1.92 bits per heavy atom. The van der Waals surface area contributed by atoms with Crippen LogP contribution < -0.4 is 4.90 Å². The summed E-state index contributed by atoms with van der Waals surface area (Å²) in [5.41, 5.74) is 2.15. The van der Waals surface area contributed by atoms with Gasteiger partial charge in [-0.25, -0.2) is 4.98 Å². The fourth-order valence-corrected chi connectivity index (χ4v) is 5.17. The van der Waals surface area contributed by atoms with Crippen molar-refractivity contribution in [3.63, 3.8) is 0 Å². The van der Waals surface area contributed by atoms with Crippen molar-refractivity contribution in [3.8, 4) is 16.4 Å². The Balaban J connectivity index is 1.80. The highest BCUT2D eigenvalue weighted by atomic mass is 35.5. The highest BCUT2D eigenvalue weighted by molar-refractivity contribution is 8.00. The SMILES string of the molecule is CN(C)c1ccc(-n2c(Sc3ncc(Cl)s3)nnc2-c2cccs2)cc1. The van der Waals surface area contributed by atoms with Crippen LogP contribution in [0.5, 0.6) is 0 Å². The van der Waals surface area contributed by atoms with E-state index in [4.69, 9.17) is 11.6 Å². The van der Waals surface area contributed by atoms with E-state index in [1.807, 2.05) is 31.6 Å². The average molecular weight is 420 g/mol. The molecule has 3 heterocycles. The number of rotatable bonds is 5. The Labute approximate surface area is 168 Å². The van der Waals surface area contributed by atoms with Gasteiger partial charge in [0.2, 0.25) is 5.16 Å². The van der Waals surface area contributed by atoms with Crippen LogP contribution in [0.1, 0.15) is 0 Å². The van der Waals surface area contributed by atoms with Crippen LogP contribution >= 0.6 is 46.0 Å². The molecule has 0 atom stereocenters. The lowest BCUT2D eigenvalue weighted by atomic mass is 10.2. The summed E-state index contributed by atoms with van der Waals surface area (Å²) in [5, 5.41) is 11.6. The molecule has 0 fully saturated rings. The standard InChI is InChI=1S/C17H14ClN5S3/c1-22(2)11-5-7-12(8-6-11)23-15(13-4-3-9-24-13)20-21-16(23)26-17-19-10-14(18)25-17/h3-10H,1-2H3. The predicted molar refractivity (Wildman–Crippen MR) is 110 cm³/mol. The molecule has 0 radical (unpaired) electrons. The van der Waals surface area contributed by atoms with E-state index in [0.717, 1.165) is 31.6 Å². The van der Waals surface area contributed by atoms with Gasteiger partial charge in [0.05, 0.1) is 11.1 Å². The minimum Gasteiger partial charge on any atom is -0.378 e. The molecular weight excluding hydrogens is 406 g/mol. The summed E-state index contributed by atoms with van der Waals surface area (Å²) in [4.78, 5) is 7.46. The molecule has 4 aromatic rings. The number of anilines is 1. The number of nitrogens with zero attached hydrogens (tertiary/aromatic N) is 5. The predicted octanol–water partition coefficient (Wildman–Crippen LogP) is 5.32. The highest BCUT2D eigenvalue weighted by Crippen LogP contribution is 2.36. The first-order valence-electron chi connectivity index (χ1n) is 7.68. The third-order valence-corrected chi connectivity index (χ3v) is 6.64. The second-order valence-corrected chi connectivity index (χ2v) is 9.39. The van der Waals surface area contributed by atoms with Gasteiger partial charge in [-0.1, -0.05) is 29.0 Å². The molecule has 1 aromatic carbocycles. The summed E-state index contributed by atoms with van der Waals surface area (Å²) < 4.78 is 3.56. The van der Waals surface area contributed by atoms with Crippen molar-refractivity contribution >= 4 is 51.7 Å². The van der Waals surface area contributed by atoms with Gasteiger partial charge in [0.15, 0.2) is 10.2 Å². The second kappa shape index (κ2) is 7.40. The third-order valence-electron chi connectivity index (χ3n) is 3.63. The molecule has 26 heavy (non-hydrogen) atoms. The van der Waals surface area contributed by atoms with Crippen LogP contribution in [0.25, 0.3) is 16.4 Å². The molecule has 0 spiro atoms. The minimum absolute atomic E-state index is 0.660. The van der Waals surface area contributed by atoms with Gasteiger partial charge in [-0.15, -0.1) is 21.5 Å². The van der Waals surface area contributed by atoms with Crippen molar-refractivity contribution < 1.29 is 0 Å². The summed E-state index contributed by atoms with van der Waals surface area (Å²) in [5.74, 6) is 0.822. The Bertz CT molecular complexity index is 1010. The summed E-state index contributed by atoms with van der Waals surface area (Å²) in [6.07, 6.45) is 1.65. The van der Waals surface area contributed by atoms with Gasteiger partial charge < -0.3 is 4.90 Å². The lowest BCUT2D eigenvalue weighted by Crippen LogP contribution is -2.08. The monoisotopic (exact) mass is 419 g/mol. The van der Waals surface area contributed by atoms with E-state index < -0.39 is 0 Å². The van der Waals surface area contributed by atoms with E-state index in [-0.39, 0.29) is 0 Å². The number of aromatic nitrogens is 4. The Morgan fingerprint density at radius 1 is 1.12 bits per heavy atom. The summed E-state index contributed by atoms with van der Waals surface area (Å²) in [6, 6.07) is 12.4. The third kappa shape index (κ3) is 3.50. The zero-order chi connectivity index (χ0) is 18.1. The number of halogens is 1. The average Bonchev–Trinajstić information content (AvgIpc) is 3.36. The molecule has 0 saturated heterocycles. The molecule has 0 saturated carbocycles. The molecule has 0 aliphatic carbocycles. The number of hydrogen-bond donors (Lipinski definition) is 0. The zero-order valence-electron chi connectivity index (χ0n) is 14.0. The molecule has 4 rings (SSSR count). The molecule has 0 bridgehead atoms. The van der Waals surface area contributed by atoms with Crippen LogP contribution in [-0.4, -0.2) is 33.8 Å². The number of benzene rings is 1. The van der Waals surface area contributed by atoms with Crippen molar-refractivity contribution in [2.24, 2.45) is 0 Å². The smallest absolute Gasteiger partial charge is 0.203 e. The van der Waals surface area contributed by atoms with E-state index in [2.05, 4.69) is 48.9 Å². The van der Waals surface area contributed by atoms with Gasteiger partial charge in [-0.05, 0) is 47.5 Å². The van der Waals surface area contributed by atoms with Gasteiger partial charge in [-0.3, -0.25) is 4.57 Å². The maximum atomic E-state index is 6.01. The molecule has 0 aliphatic rings. The molecule has 9 heteroatoms. The van der Waals surface area contributed by atoms with E-state index in [9.17, 15) is 0 Å². The van der Waals surface area contributed by atoms with Crippen molar-refractivity contribution in [1.82, 2.24) is 19.7 Å². The maximum absolute atomic E-state index is 6.01.